The number of thiazole rings is 1. The van der Waals surface area contributed by atoms with E-state index in [2.05, 4.69) is 4.99 Å². The van der Waals surface area contributed by atoms with Crippen molar-refractivity contribution in [1.29, 1.82) is 0 Å². The number of nitro groups is 1. The zero-order valence-electron chi connectivity index (χ0n) is 13.0. The molecule has 0 aliphatic carbocycles. The molecule has 25 heavy (non-hydrogen) atoms. The SMILES string of the molecule is COCCn1c(=NC(=O)c2ccc([N+](=O)[O-])s2)sc2cccc(Cl)c21. The molecule has 0 saturated carbocycles. The van der Waals surface area contributed by atoms with Gasteiger partial charge in [-0.3, -0.25) is 14.9 Å². The molecular formula is C15H12ClN3O4S2. The Morgan fingerprint density at radius 3 is 2.84 bits per heavy atom. The highest BCUT2D eigenvalue weighted by Gasteiger charge is 2.16. The van der Waals surface area contributed by atoms with Gasteiger partial charge in [-0.1, -0.05) is 40.3 Å². The number of nitrogens with zero attached hydrogens (tertiary/aromatic N) is 3. The van der Waals surface area contributed by atoms with Crippen molar-refractivity contribution in [3.8, 4) is 0 Å². The lowest BCUT2D eigenvalue weighted by Gasteiger charge is -2.05. The van der Waals surface area contributed by atoms with E-state index in [9.17, 15) is 14.9 Å². The molecule has 130 valence electrons. The second kappa shape index (κ2) is 7.44. The van der Waals surface area contributed by atoms with Crippen molar-refractivity contribution < 1.29 is 14.5 Å². The fourth-order valence-corrected chi connectivity index (χ4v) is 4.36. The van der Waals surface area contributed by atoms with Crippen molar-refractivity contribution in [2.75, 3.05) is 13.7 Å². The molecule has 2 heterocycles. The molecule has 3 rings (SSSR count). The van der Waals surface area contributed by atoms with Crippen molar-refractivity contribution in [2.45, 2.75) is 6.54 Å². The summed E-state index contributed by atoms with van der Waals surface area (Å²) >= 11 is 8.43. The highest BCUT2D eigenvalue weighted by Crippen LogP contribution is 2.26. The van der Waals surface area contributed by atoms with Crippen LogP contribution in [-0.2, 0) is 11.3 Å². The minimum Gasteiger partial charge on any atom is -0.383 e. The Bertz CT molecular complexity index is 1020. The third-order valence-corrected chi connectivity index (χ3v) is 5.72. The number of aromatic nitrogens is 1. The van der Waals surface area contributed by atoms with Crippen molar-refractivity contribution >= 4 is 55.4 Å². The van der Waals surface area contributed by atoms with E-state index in [-0.39, 0.29) is 9.88 Å². The molecular weight excluding hydrogens is 386 g/mol. The Labute approximate surface area is 154 Å². The molecule has 0 atom stereocenters. The third kappa shape index (κ3) is 3.64. The summed E-state index contributed by atoms with van der Waals surface area (Å²) in [4.78, 5) is 27.5. The van der Waals surface area contributed by atoms with Crippen molar-refractivity contribution in [3.05, 3.63) is 55.1 Å². The van der Waals surface area contributed by atoms with Gasteiger partial charge in [0.1, 0.15) is 4.88 Å². The largest absolute Gasteiger partial charge is 0.383 e. The molecule has 1 aromatic carbocycles. The molecule has 0 spiro atoms. The van der Waals surface area contributed by atoms with Crippen LogP contribution in [0.15, 0.2) is 35.3 Å². The molecule has 0 bridgehead atoms. The third-order valence-electron chi connectivity index (χ3n) is 3.35. The van der Waals surface area contributed by atoms with Gasteiger partial charge in [-0.15, -0.1) is 0 Å². The molecule has 0 saturated heterocycles. The van der Waals surface area contributed by atoms with Gasteiger partial charge in [-0.25, -0.2) is 0 Å². The molecule has 10 heteroatoms. The highest BCUT2D eigenvalue weighted by molar-refractivity contribution is 7.17. The summed E-state index contributed by atoms with van der Waals surface area (Å²) in [6, 6.07) is 8.21. The first-order valence-corrected chi connectivity index (χ1v) is 9.12. The minimum absolute atomic E-state index is 0.0924. The number of methoxy groups -OCH3 is 1. The van der Waals surface area contributed by atoms with Gasteiger partial charge < -0.3 is 9.30 Å². The zero-order valence-corrected chi connectivity index (χ0v) is 15.4. The standard InChI is InChI=1S/C15H12ClN3O4S2/c1-23-8-7-18-13-9(16)3-2-4-10(13)25-15(18)17-14(20)11-5-6-12(24-11)19(21)22/h2-6H,7-8H2,1H3. The topological polar surface area (TPSA) is 86.7 Å². The number of halogens is 1. The molecule has 2 aromatic heterocycles. The smallest absolute Gasteiger partial charge is 0.324 e. The summed E-state index contributed by atoms with van der Waals surface area (Å²) in [5, 5.41) is 11.2. The van der Waals surface area contributed by atoms with Crippen LogP contribution in [0.25, 0.3) is 10.2 Å². The number of rotatable bonds is 5. The maximum atomic E-state index is 12.4. The molecule has 7 nitrogen and oxygen atoms in total. The number of carbonyl (C=O) groups excluding carboxylic acids is 1. The van der Waals surface area contributed by atoms with Crippen LogP contribution < -0.4 is 4.80 Å². The quantitative estimate of drug-likeness (QED) is 0.485. The number of fused-ring (bicyclic) bond motifs is 1. The van der Waals surface area contributed by atoms with Crippen LogP contribution in [0.2, 0.25) is 5.02 Å². The molecule has 0 radical (unpaired) electrons. The first kappa shape index (κ1) is 17.7. The van der Waals surface area contributed by atoms with Gasteiger partial charge in [0.2, 0.25) is 0 Å². The second-order valence-electron chi connectivity index (χ2n) is 4.93. The number of hydrogen-bond donors (Lipinski definition) is 0. The number of para-hydroxylation sites is 1. The minimum atomic E-state index is -0.528. The van der Waals surface area contributed by atoms with Gasteiger partial charge >= 0.3 is 5.00 Å². The van der Waals surface area contributed by atoms with Crippen LogP contribution in [0.5, 0.6) is 0 Å². The lowest BCUT2D eigenvalue weighted by atomic mass is 10.3. The lowest BCUT2D eigenvalue weighted by molar-refractivity contribution is -0.380. The number of hydrogen-bond acceptors (Lipinski definition) is 6. The van der Waals surface area contributed by atoms with Crippen LogP contribution >= 0.6 is 34.3 Å². The van der Waals surface area contributed by atoms with Crippen LogP contribution in [0.1, 0.15) is 9.67 Å². The van der Waals surface area contributed by atoms with Gasteiger partial charge in [0.25, 0.3) is 5.91 Å². The Balaban J connectivity index is 2.09. The monoisotopic (exact) mass is 397 g/mol. The van der Waals surface area contributed by atoms with Gasteiger partial charge in [-0.2, -0.15) is 4.99 Å². The van der Waals surface area contributed by atoms with Crippen LogP contribution in [0, 0.1) is 10.1 Å². The molecule has 3 aromatic rings. The second-order valence-corrected chi connectivity index (χ2v) is 7.41. The molecule has 0 aliphatic heterocycles. The first-order chi connectivity index (χ1) is 12.0. The normalized spacial score (nSPS) is 12.0. The summed E-state index contributed by atoms with van der Waals surface area (Å²) in [7, 11) is 1.59. The number of thiophene rings is 1. The number of ether oxygens (including phenoxy) is 1. The van der Waals surface area contributed by atoms with E-state index in [1.165, 1.54) is 23.5 Å². The fourth-order valence-electron chi connectivity index (χ4n) is 2.24. The number of benzene rings is 1. The van der Waals surface area contributed by atoms with Crippen molar-refractivity contribution in [1.82, 2.24) is 4.57 Å². The van der Waals surface area contributed by atoms with Gasteiger partial charge in [0, 0.05) is 19.7 Å². The maximum Gasteiger partial charge on any atom is 0.324 e. The van der Waals surface area contributed by atoms with E-state index < -0.39 is 10.8 Å². The number of carbonyl (C=O) groups is 1. The van der Waals surface area contributed by atoms with Gasteiger partial charge in [-0.05, 0) is 18.2 Å². The Morgan fingerprint density at radius 1 is 1.36 bits per heavy atom. The highest BCUT2D eigenvalue weighted by atomic mass is 35.5. The van der Waals surface area contributed by atoms with Crippen LogP contribution in [-0.4, -0.2) is 29.1 Å². The Hall–Kier alpha value is -2.07. The lowest BCUT2D eigenvalue weighted by Crippen LogP contribution is -2.19. The summed E-state index contributed by atoms with van der Waals surface area (Å²) in [6.45, 7) is 0.917. The summed E-state index contributed by atoms with van der Waals surface area (Å²) in [5.74, 6) is -0.521. The van der Waals surface area contributed by atoms with E-state index in [1.807, 2.05) is 16.7 Å². The molecule has 0 aliphatic rings. The molecule has 0 N–H and O–H groups in total. The molecule has 0 fully saturated rings. The maximum absolute atomic E-state index is 12.4. The molecule has 0 unspecified atom stereocenters. The molecule has 1 amide bonds. The van der Waals surface area contributed by atoms with E-state index in [4.69, 9.17) is 16.3 Å². The predicted molar refractivity (Wildman–Crippen MR) is 97.6 cm³/mol. The van der Waals surface area contributed by atoms with Gasteiger partial charge in [0.15, 0.2) is 4.80 Å². The van der Waals surface area contributed by atoms with Crippen molar-refractivity contribution in [2.24, 2.45) is 4.99 Å². The van der Waals surface area contributed by atoms with E-state index in [0.29, 0.717) is 23.0 Å². The Morgan fingerprint density at radius 2 is 2.16 bits per heavy atom. The zero-order chi connectivity index (χ0) is 18.0. The summed E-state index contributed by atoms with van der Waals surface area (Å²) in [6.07, 6.45) is 0. The van der Waals surface area contributed by atoms with E-state index in [0.717, 1.165) is 21.6 Å². The first-order valence-electron chi connectivity index (χ1n) is 7.11. The van der Waals surface area contributed by atoms with E-state index in [1.54, 1.807) is 13.2 Å². The van der Waals surface area contributed by atoms with Crippen LogP contribution in [0.3, 0.4) is 0 Å². The van der Waals surface area contributed by atoms with E-state index >= 15 is 0 Å². The number of amides is 1. The van der Waals surface area contributed by atoms with Crippen molar-refractivity contribution in [3.63, 3.8) is 0 Å². The predicted octanol–water partition coefficient (Wildman–Crippen LogP) is 3.71. The van der Waals surface area contributed by atoms with Crippen LogP contribution in [0.4, 0.5) is 5.00 Å². The summed E-state index contributed by atoms with van der Waals surface area (Å²) in [5.41, 5.74) is 0.787. The fraction of sp³-hybridized carbons (Fsp3) is 0.200. The average Bonchev–Trinajstić information content (AvgIpc) is 3.18. The summed E-state index contributed by atoms with van der Waals surface area (Å²) < 4.78 is 7.84. The van der Waals surface area contributed by atoms with Gasteiger partial charge in [0.05, 0.1) is 26.8 Å². The average molecular weight is 398 g/mol. The Kier molecular flexibility index (Phi) is 5.28.